The largest absolute Gasteiger partial charge is 0.497 e. The highest BCUT2D eigenvalue weighted by Crippen LogP contribution is 2.22. The molecular weight excluding hydrogens is 310 g/mol. The summed E-state index contributed by atoms with van der Waals surface area (Å²) in [6, 6.07) is 7.14. The van der Waals surface area contributed by atoms with Gasteiger partial charge in [-0.15, -0.1) is 10.2 Å². The summed E-state index contributed by atoms with van der Waals surface area (Å²) in [5.41, 5.74) is 0.695. The minimum Gasteiger partial charge on any atom is -0.497 e. The van der Waals surface area contributed by atoms with Crippen molar-refractivity contribution in [2.75, 3.05) is 26.6 Å². The van der Waals surface area contributed by atoms with Gasteiger partial charge in [0.05, 0.1) is 26.0 Å². The van der Waals surface area contributed by atoms with E-state index in [4.69, 9.17) is 13.9 Å². The standard InChI is InChI=1S/C13H17N3O5S/c1-19-6-7-22(17,18)14-9-12-15-16-13(21-12)10-4-3-5-11(8-10)20-2/h3-5,8,14H,6-7,9H2,1-2H3. The third kappa shape index (κ3) is 4.52. The molecule has 1 aromatic carbocycles. The number of sulfonamides is 1. The molecule has 22 heavy (non-hydrogen) atoms. The summed E-state index contributed by atoms with van der Waals surface area (Å²) in [5, 5.41) is 7.71. The summed E-state index contributed by atoms with van der Waals surface area (Å²) in [6.45, 7) is 0.0528. The smallest absolute Gasteiger partial charge is 0.247 e. The second-order valence-corrected chi connectivity index (χ2v) is 6.29. The zero-order valence-corrected chi connectivity index (χ0v) is 13.1. The van der Waals surface area contributed by atoms with Gasteiger partial charge in [0.1, 0.15) is 5.75 Å². The van der Waals surface area contributed by atoms with Crippen molar-refractivity contribution in [3.8, 4) is 17.2 Å². The highest BCUT2D eigenvalue weighted by Gasteiger charge is 2.13. The van der Waals surface area contributed by atoms with Crippen LogP contribution in [0.2, 0.25) is 0 Å². The molecule has 1 aromatic heterocycles. The first-order valence-electron chi connectivity index (χ1n) is 6.47. The van der Waals surface area contributed by atoms with E-state index in [9.17, 15) is 8.42 Å². The molecule has 120 valence electrons. The molecule has 2 rings (SSSR count). The van der Waals surface area contributed by atoms with Crippen molar-refractivity contribution in [2.45, 2.75) is 6.54 Å². The van der Waals surface area contributed by atoms with E-state index in [1.165, 1.54) is 7.11 Å². The van der Waals surface area contributed by atoms with Gasteiger partial charge in [0, 0.05) is 12.7 Å². The maximum atomic E-state index is 11.6. The van der Waals surface area contributed by atoms with Crippen molar-refractivity contribution in [1.82, 2.24) is 14.9 Å². The van der Waals surface area contributed by atoms with E-state index in [1.807, 2.05) is 0 Å². The SMILES string of the molecule is COCCS(=O)(=O)NCc1nnc(-c2cccc(OC)c2)o1. The van der Waals surface area contributed by atoms with E-state index in [0.29, 0.717) is 17.2 Å². The molecule has 0 aliphatic rings. The number of nitrogens with zero attached hydrogens (tertiary/aromatic N) is 2. The monoisotopic (exact) mass is 327 g/mol. The lowest BCUT2D eigenvalue weighted by Crippen LogP contribution is -2.27. The molecule has 0 atom stereocenters. The van der Waals surface area contributed by atoms with E-state index in [-0.39, 0.29) is 24.8 Å². The van der Waals surface area contributed by atoms with E-state index < -0.39 is 10.0 Å². The van der Waals surface area contributed by atoms with E-state index >= 15 is 0 Å². The molecule has 0 saturated heterocycles. The molecule has 0 aliphatic carbocycles. The van der Waals surface area contributed by atoms with Gasteiger partial charge in [-0.3, -0.25) is 0 Å². The Morgan fingerprint density at radius 1 is 1.27 bits per heavy atom. The average molecular weight is 327 g/mol. The summed E-state index contributed by atoms with van der Waals surface area (Å²) in [4.78, 5) is 0. The Labute approximate surface area is 128 Å². The van der Waals surface area contributed by atoms with Crippen LogP contribution in [-0.4, -0.2) is 45.2 Å². The Balaban J connectivity index is 2.02. The highest BCUT2D eigenvalue weighted by molar-refractivity contribution is 7.89. The van der Waals surface area contributed by atoms with Gasteiger partial charge in [-0.25, -0.2) is 13.1 Å². The number of aromatic nitrogens is 2. The molecule has 0 fully saturated rings. The molecular formula is C13H17N3O5S. The number of nitrogens with one attached hydrogen (secondary N) is 1. The van der Waals surface area contributed by atoms with E-state index in [1.54, 1.807) is 31.4 Å². The highest BCUT2D eigenvalue weighted by atomic mass is 32.2. The normalized spacial score (nSPS) is 11.5. The van der Waals surface area contributed by atoms with Crippen molar-refractivity contribution in [3.63, 3.8) is 0 Å². The first kappa shape index (κ1) is 16.4. The molecule has 0 spiro atoms. The van der Waals surface area contributed by atoms with Crippen LogP contribution < -0.4 is 9.46 Å². The molecule has 9 heteroatoms. The maximum absolute atomic E-state index is 11.6. The van der Waals surface area contributed by atoms with Gasteiger partial charge in [0.25, 0.3) is 0 Å². The number of rotatable bonds is 8. The second-order valence-electron chi connectivity index (χ2n) is 4.37. The van der Waals surface area contributed by atoms with Crippen LogP contribution in [0.5, 0.6) is 5.75 Å². The molecule has 1 heterocycles. The lowest BCUT2D eigenvalue weighted by molar-refractivity contribution is 0.217. The predicted molar refractivity (Wildman–Crippen MR) is 78.8 cm³/mol. The molecule has 0 saturated carbocycles. The Hall–Kier alpha value is -1.97. The molecule has 0 amide bonds. The average Bonchev–Trinajstić information content (AvgIpc) is 3.00. The van der Waals surface area contributed by atoms with Gasteiger partial charge < -0.3 is 13.9 Å². The van der Waals surface area contributed by atoms with Gasteiger partial charge in [-0.2, -0.15) is 0 Å². The van der Waals surface area contributed by atoms with Crippen molar-refractivity contribution >= 4 is 10.0 Å². The molecule has 2 aromatic rings. The zero-order valence-electron chi connectivity index (χ0n) is 12.3. The van der Waals surface area contributed by atoms with Crippen LogP contribution in [0.15, 0.2) is 28.7 Å². The lowest BCUT2D eigenvalue weighted by atomic mass is 10.2. The van der Waals surface area contributed by atoms with Gasteiger partial charge in [0.15, 0.2) is 0 Å². The molecule has 8 nitrogen and oxygen atoms in total. The van der Waals surface area contributed by atoms with Crippen molar-refractivity contribution in [3.05, 3.63) is 30.2 Å². The van der Waals surface area contributed by atoms with Crippen LogP contribution in [0.25, 0.3) is 11.5 Å². The zero-order chi connectivity index (χ0) is 16.0. The number of benzene rings is 1. The fourth-order valence-corrected chi connectivity index (χ4v) is 2.51. The summed E-state index contributed by atoms with van der Waals surface area (Å²) >= 11 is 0. The molecule has 0 bridgehead atoms. The van der Waals surface area contributed by atoms with Gasteiger partial charge >= 0.3 is 0 Å². The maximum Gasteiger partial charge on any atom is 0.247 e. The summed E-state index contributed by atoms with van der Waals surface area (Å²) < 4.78 is 40.9. The Morgan fingerprint density at radius 3 is 2.82 bits per heavy atom. The van der Waals surface area contributed by atoms with Crippen molar-refractivity contribution < 1.29 is 22.3 Å². The number of hydrogen-bond donors (Lipinski definition) is 1. The minimum absolute atomic E-state index is 0.0665. The summed E-state index contributed by atoms with van der Waals surface area (Å²) in [6.07, 6.45) is 0. The van der Waals surface area contributed by atoms with Crippen LogP contribution in [0.4, 0.5) is 0 Å². The van der Waals surface area contributed by atoms with Crippen LogP contribution >= 0.6 is 0 Å². The third-order valence-corrected chi connectivity index (χ3v) is 4.07. The van der Waals surface area contributed by atoms with Crippen LogP contribution in [0, 0.1) is 0 Å². The van der Waals surface area contributed by atoms with Crippen molar-refractivity contribution in [2.24, 2.45) is 0 Å². The van der Waals surface area contributed by atoms with Crippen LogP contribution in [-0.2, 0) is 21.3 Å². The number of ether oxygens (including phenoxy) is 2. The van der Waals surface area contributed by atoms with Crippen LogP contribution in [0.1, 0.15) is 5.89 Å². The van der Waals surface area contributed by atoms with Gasteiger partial charge in [-0.1, -0.05) is 6.07 Å². The predicted octanol–water partition coefficient (Wildman–Crippen LogP) is 0.811. The summed E-state index contributed by atoms with van der Waals surface area (Å²) in [5.74, 6) is 1.02. The molecule has 0 unspecified atom stereocenters. The van der Waals surface area contributed by atoms with Crippen LogP contribution in [0.3, 0.4) is 0 Å². The fourth-order valence-electron chi connectivity index (χ4n) is 1.63. The summed E-state index contributed by atoms with van der Waals surface area (Å²) in [7, 11) is -0.430. The quantitative estimate of drug-likeness (QED) is 0.765. The topological polar surface area (TPSA) is 104 Å². The minimum atomic E-state index is -3.43. The first-order valence-corrected chi connectivity index (χ1v) is 8.12. The molecule has 0 aliphatic heterocycles. The fraction of sp³-hybridized carbons (Fsp3) is 0.385. The van der Waals surface area contributed by atoms with Gasteiger partial charge in [-0.05, 0) is 18.2 Å². The van der Waals surface area contributed by atoms with Gasteiger partial charge in [0.2, 0.25) is 21.8 Å². The Bertz CT molecular complexity index is 714. The Morgan fingerprint density at radius 2 is 2.09 bits per heavy atom. The number of hydrogen-bond acceptors (Lipinski definition) is 7. The Kier molecular flexibility index (Phi) is 5.47. The first-order chi connectivity index (χ1) is 10.5. The number of methoxy groups -OCH3 is 2. The lowest BCUT2D eigenvalue weighted by Gasteiger charge is -2.03. The third-order valence-electron chi connectivity index (χ3n) is 2.78. The van der Waals surface area contributed by atoms with E-state index in [0.717, 1.165) is 0 Å². The molecule has 1 N–H and O–H groups in total. The molecule has 0 radical (unpaired) electrons. The second kappa shape index (κ2) is 7.34. The van der Waals surface area contributed by atoms with E-state index in [2.05, 4.69) is 14.9 Å². The van der Waals surface area contributed by atoms with Crippen molar-refractivity contribution in [1.29, 1.82) is 0 Å².